The number of pyridine rings is 1. The Balaban J connectivity index is 2.55. The highest BCUT2D eigenvalue weighted by molar-refractivity contribution is 5.51. The van der Waals surface area contributed by atoms with Crippen LogP contribution in [-0.2, 0) is 4.74 Å². The summed E-state index contributed by atoms with van der Waals surface area (Å²) >= 11 is 0. The van der Waals surface area contributed by atoms with E-state index in [2.05, 4.69) is 10.3 Å². The molecule has 0 radical (unpaired) electrons. The summed E-state index contributed by atoms with van der Waals surface area (Å²) in [6.07, 6.45) is 1.71. The van der Waals surface area contributed by atoms with Crippen molar-refractivity contribution in [3.8, 4) is 5.88 Å². The van der Waals surface area contributed by atoms with Crippen LogP contribution in [0.2, 0.25) is 0 Å². The SMILES string of the molecule is CCNc1cccnc1OCCOC. The van der Waals surface area contributed by atoms with Crippen molar-refractivity contribution in [2.24, 2.45) is 0 Å². The molecule has 0 bridgehead atoms. The normalized spacial score (nSPS) is 9.86. The van der Waals surface area contributed by atoms with Crippen LogP contribution in [0.25, 0.3) is 0 Å². The molecule has 0 aromatic carbocycles. The molecule has 0 spiro atoms. The van der Waals surface area contributed by atoms with Gasteiger partial charge in [-0.3, -0.25) is 0 Å². The summed E-state index contributed by atoms with van der Waals surface area (Å²) in [6.45, 7) is 3.98. The molecule has 4 nitrogen and oxygen atoms in total. The first-order chi connectivity index (χ1) is 6.88. The van der Waals surface area contributed by atoms with Gasteiger partial charge >= 0.3 is 0 Å². The second-order valence-corrected chi connectivity index (χ2v) is 2.73. The minimum Gasteiger partial charge on any atom is -0.474 e. The van der Waals surface area contributed by atoms with Crippen LogP contribution < -0.4 is 10.1 Å². The molecule has 1 aromatic heterocycles. The van der Waals surface area contributed by atoms with Crippen molar-refractivity contribution >= 4 is 5.69 Å². The maximum Gasteiger partial charge on any atom is 0.237 e. The molecule has 0 atom stereocenters. The molecule has 0 aliphatic carbocycles. The van der Waals surface area contributed by atoms with E-state index in [1.807, 2.05) is 19.1 Å². The van der Waals surface area contributed by atoms with Crippen molar-refractivity contribution in [1.29, 1.82) is 0 Å². The number of ether oxygens (including phenoxy) is 2. The van der Waals surface area contributed by atoms with E-state index < -0.39 is 0 Å². The summed E-state index contributed by atoms with van der Waals surface area (Å²) in [5.41, 5.74) is 0.922. The van der Waals surface area contributed by atoms with Crippen LogP contribution in [0.1, 0.15) is 6.92 Å². The summed E-state index contributed by atoms with van der Waals surface area (Å²) in [5, 5.41) is 3.17. The molecule has 0 saturated carbocycles. The van der Waals surface area contributed by atoms with Crippen molar-refractivity contribution < 1.29 is 9.47 Å². The molecular formula is C10H16N2O2. The third-order valence-corrected chi connectivity index (χ3v) is 1.66. The lowest BCUT2D eigenvalue weighted by Crippen LogP contribution is -2.08. The van der Waals surface area contributed by atoms with Gasteiger partial charge in [0, 0.05) is 19.9 Å². The smallest absolute Gasteiger partial charge is 0.237 e. The fourth-order valence-electron chi connectivity index (χ4n) is 1.05. The van der Waals surface area contributed by atoms with Gasteiger partial charge in [-0.05, 0) is 19.1 Å². The highest BCUT2D eigenvalue weighted by Crippen LogP contribution is 2.19. The van der Waals surface area contributed by atoms with Crippen LogP contribution in [0.5, 0.6) is 5.88 Å². The summed E-state index contributed by atoms with van der Waals surface area (Å²) < 4.78 is 10.3. The van der Waals surface area contributed by atoms with Gasteiger partial charge in [0.2, 0.25) is 5.88 Å². The van der Waals surface area contributed by atoms with E-state index >= 15 is 0 Å². The van der Waals surface area contributed by atoms with Gasteiger partial charge in [-0.1, -0.05) is 0 Å². The summed E-state index contributed by atoms with van der Waals surface area (Å²) in [7, 11) is 1.65. The summed E-state index contributed by atoms with van der Waals surface area (Å²) in [6, 6.07) is 3.82. The lowest BCUT2D eigenvalue weighted by Gasteiger charge is -2.09. The number of aromatic nitrogens is 1. The zero-order chi connectivity index (χ0) is 10.2. The molecule has 0 fully saturated rings. The summed E-state index contributed by atoms with van der Waals surface area (Å²) in [5.74, 6) is 0.631. The highest BCUT2D eigenvalue weighted by Gasteiger charge is 2.01. The van der Waals surface area contributed by atoms with Crippen LogP contribution in [0.3, 0.4) is 0 Å². The number of nitrogens with zero attached hydrogens (tertiary/aromatic N) is 1. The van der Waals surface area contributed by atoms with Gasteiger partial charge < -0.3 is 14.8 Å². The van der Waals surface area contributed by atoms with Gasteiger partial charge in [-0.25, -0.2) is 4.98 Å². The fraction of sp³-hybridized carbons (Fsp3) is 0.500. The predicted molar refractivity (Wildman–Crippen MR) is 55.8 cm³/mol. The van der Waals surface area contributed by atoms with Gasteiger partial charge in [0.15, 0.2) is 0 Å². The van der Waals surface area contributed by atoms with Crippen molar-refractivity contribution in [1.82, 2.24) is 4.98 Å². The molecule has 78 valence electrons. The lowest BCUT2D eigenvalue weighted by atomic mass is 10.4. The highest BCUT2D eigenvalue weighted by atomic mass is 16.5. The van der Waals surface area contributed by atoms with E-state index in [9.17, 15) is 0 Å². The minimum atomic E-state index is 0.520. The molecule has 0 saturated heterocycles. The van der Waals surface area contributed by atoms with Crippen molar-refractivity contribution in [3.63, 3.8) is 0 Å². The van der Waals surface area contributed by atoms with Crippen LogP contribution in [0, 0.1) is 0 Å². The van der Waals surface area contributed by atoms with Crippen LogP contribution in [0.15, 0.2) is 18.3 Å². The first kappa shape index (κ1) is 10.8. The average Bonchev–Trinajstić information content (AvgIpc) is 2.21. The second kappa shape index (κ2) is 6.21. The Morgan fingerprint density at radius 2 is 2.29 bits per heavy atom. The van der Waals surface area contributed by atoms with E-state index in [1.54, 1.807) is 13.3 Å². The molecule has 0 unspecified atom stereocenters. The Hall–Kier alpha value is -1.29. The molecular weight excluding hydrogens is 180 g/mol. The Morgan fingerprint density at radius 1 is 1.43 bits per heavy atom. The van der Waals surface area contributed by atoms with Gasteiger partial charge in [-0.2, -0.15) is 0 Å². The van der Waals surface area contributed by atoms with Gasteiger partial charge in [0.25, 0.3) is 0 Å². The number of hydrogen-bond donors (Lipinski definition) is 1. The molecule has 1 heterocycles. The Bertz CT molecular complexity index is 266. The maximum absolute atomic E-state index is 5.43. The molecule has 0 amide bonds. The maximum atomic E-state index is 5.43. The number of rotatable bonds is 6. The van der Waals surface area contributed by atoms with Gasteiger partial charge in [0.1, 0.15) is 6.61 Å². The topological polar surface area (TPSA) is 43.4 Å². The van der Waals surface area contributed by atoms with E-state index in [1.165, 1.54) is 0 Å². The standard InChI is InChI=1S/C10H16N2O2/c1-3-11-9-5-4-6-12-10(9)14-8-7-13-2/h4-6,11H,3,7-8H2,1-2H3. The Labute approximate surface area is 84.3 Å². The van der Waals surface area contributed by atoms with Gasteiger partial charge in [0.05, 0.1) is 12.3 Å². The average molecular weight is 196 g/mol. The monoisotopic (exact) mass is 196 g/mol. The zero-order valence-electron chi connectivity index (χ0n) is 8.62. The largest absolute Gasteiger partial charge is 0.474 e. The van der Waals surface area contributed by atoms with Crippen LogP contribution >= 0.6 is 0 Å². The second-order valence-electron chi connectivity index (χ2n) is 2.73. The van der Waals surface area contributed by atoms with Gasteiger partial charge in [-0.15, -0.1) is 0 Å². The van der Waals surface area contributed by atoms with Crippen LogP contribution in [0.4, 0.5) is 5.69 Å². The third-order valence-electron chi connectivity index (χ3n) is 1.66. The molecule has 0 aliphatic heterocycles. The Morgan fingerprint density at radius 3 is 3.00 bits per heavy atom. The number of hydrogen-bond acceptors (Lipinski definition) is 4. The number of anilines is 1. The first-order valence-corrected chi connectivity index (χ1v) is 4.69. The van der Waals surface area contributed by atoms with Crippen LogP contribution in [-0.4, -0.2) is 31.9 Å². The van der Waals surface area contributed by atoms with Crippen molar-refractivity contribution in [2.75, 3.05) is 32.2 Å². The molecule has 14 heavy (non-hydrogen) atoms. The third kappa shape index (κ3) is 3.22. The zero-order valence-corrected chi connectivity index (χ0v) is 8.62. The summed E-state index contributed by atoms with van der Waals surface area (Å²) in [4.78, 5) is 4.13. The molecule has 1 rings (SSSR count). The van der Waals surface area contributed by atoms with E-state index in [4.69, 9.17) is 9.47 Å². The quantitative estimate of drug-likeness (QED) is 0.701. The minimum absolute atomic E-state index is 0.520. The predicted octanol–water partition coefficient (Wildman–Crippen LogP) is 1.54. The Kier molecular flexibility index (Phi) is 4.78. The first-order valence-electron chi connectivity index (χ1n) is 4.69. The number of methoxy groups -OCH3 is 1. The molecule has 1 aromatic rings. The fourth-order valence-corrected chi connectivity index (χ4v) is 1.05. The molecule has 1 N–H and O–H groups in total. The molecule has 4 heteroatoms. The van der Waals surface area contributed by atoms with E-state index in [0.717, 1.165) is 12.2 Å². The van der Waals surface area contributed by atoms with E-state index in [0.29, 0.717) is 19.1 Å². The molecule has 0 aliphatic rings. The van der Waals surface area contributed by atoms with E-state index in [-0.39, 0.29) is 0 Å². The van der Waals surface area contributed by atoms with Crippen molar-refractivity contribution in [2.45, 2.75) is 6.92 Å². The lowest BCUT2D eigenvalue weighted by molar-refractivity contribution is 0.144. The van der Waals surface area contributed by atoms with Crippen molar-refractivity contribution in [3.05, 3.63) is 18.3 Å². The number of nitrogens with one attached hydrogen (secondary N) is 1.